The summed E-state index contributed by atoms with van der Waals surface area (Å²) in [4.78, 5) is 11.1. The molecule has 0 saturated carbocycles. The third kappa shape index (κ3) is 3.37. The van der Waals surface area contributed by atoms with Crippen LogP contribution in [0.25, 0.3) is 0 Å². The van der Waals surface area contributed by atoms with E-state index in [4.69, 9.17) is 0 Å². The zero-order valence-electron chi connectivity index (χ0n) is 7.68. The van der Waals surface area contributed by atoms with Crippen molar-refractivity contribution in [2.24, 2.45) is 5.92 Å². The first kappa shape index (κ1) is 10.4. The summed E-state index contributed by atoms with van der Waals surface area (Å²) in [6, 6.07) is -0.162. The predicted octanol–water partition coefficient (Wildman–Crippen LogP) is 0.793. The van der Waals surface area contributed by atoms with Crippen LogP contribution in [0.4, 0.5) is 0 Å². The molecule has 0 saturated heterocycles. The minimum atomic E-state index is -0.179. The quantitative estimate of drug-likeness (QED) is 0.616. The molecule has 0 aromatic heterocycles. The molecule has 0 bridgehead atoms. The van der Waals surface area contributed by atoms with E-state index in [1.165, 1.54) is 7.11 Å². The highest BCUT2D eigenvalue weighted by Crippen LogP contribution is 2.02. The number of carbonyl (C=O) groups is 1. The van der Waals surface area contributed by atoms with Gasteiger partial charge in [0.2, 0.25) is 0 Å². The monoisotopic (exact) mass is 159 g/mol. The molecule has 0 radical (unpaired) electrons. The first-order chi connectivity index (χ1) is 5.13. The Hall–Kier alpha value is -0.570. The van der Waals surface area contributed by atoms with Gasteiger partial charge in [0.1, 0.15) is 6.04 Å². The average molecular weight is 159 g/mol. The Morgan fingerprint density at radius 2 is 2.09 bits per heavy atom. The Morgan fingerprint density at radius 3 is 2.36 bits per heavy atom. The highest BCUT2D eigenvalue weighted by molar-refractivity contribution is 5.75. The van der Waals surface area contributed by atoms with Gasteiger partial charge in [0, 0.05) is 0 Å². The number of methoxy groups -OCH3 is 1. The van der Waals surface area contributed by atoms with Crippen LogP contribution in [0.15, 0.2) is 0 Å². The maximum absolute atomic E-state index is 11.1. The van der Waals surface area contributed by atoms with Crippen molar-refractivity contribution in [1.82, 2.24) is 5.32 Å². The Balaban J connectivity index is 3.98. The highest BCUT2D eigenvalue weighted by Gasteiger charge is 2.20. The Kier molecular flexibility index (Phi) is 4.86. The van der Waals surface area contributed by atoms with Crippen LogP contribution in [-0.2, 0) is 9.53 Å². The predicted molar refractivity (Wildman–Crippen MR) is 44.3 cm³/mol. The molecule has 1 atom stereocenters. The fourth-order valence-corrected chi connectivity index (χ4v) is 0.938. The zero-order valence-corrected chi connectivity index (χ0v) is 7.68. The van der Waals surface area contributed by atoms with Crippen molar-refractivity contribution in [2.75, 3.05) is 13.7 Å². The fraction of sp³-hybridized carbons (Fsp3) is 0.875. The molecule has 1 N–H and O–H groups in total. The van der Waals surface area contributed by atoms with Gasteiger partial charge >= 0.3 is 5.97 Å². The van der Waals surface area contributed by atoms with Gasteiger partial charge in [0.05, 0.1) is 7.11 Å². The van der Waals surface area contributed by atoms with Gasteiger partial charge in [-0.25, -0.2) is 0 Å². The molecule has 66 valence electrons. The maximum Gasteiger partial charge on any atom is 0.323 e. The summed E-state index contributed by atoms with van der Waals surface area (Å²) < 4.78 is 4.62. The molecule has 0 aliphatic heterocycles. The van der Waals surface area contributed by atoms with Crippen molar-refractivity contribution in [3.8, 4) is 0 Å². The standard InChI is InChI=1S/C8H17NO2/c1-5-9-7(6(2)3)8(10)11-4/h6-7,9H,5H2,1-4H3/t7-/m0/s1. The summed E-state index contributed by atoms with van der Waals surface area (Å²) in [6.07, 6.45) is 0. The van der Waals surface area contributed by atoms with E-state index in [1.807, 2.05) is 20.8 Å². The molecule has 0 fully saturated rings. The summed E-state index contributed by atoms with van der Waals surface area (Å²) in [7, 11) is 1.41. The van der Waals surface area contributed by atoms with Crippen molar-refractivity contribution >= 4 is 5.97 Å². The zero-order chi connectivity index (χ0) is 8.85. The number of rotatable bonds is 4. The Bertz CT molecular complexity index is 123. The SMILES string of the molecule is CCN[C@H](C(=O)OC)C(C)C. The molecular weight excluding hydrogens is 142 g/mol. The second-order valence-corrected chi connectivity index (χ2v) is 2.80. The van der Waals surface area contributed by atoms with Gasteiger partial charge in [-0.3, -0.25) is 4.79 Å². The van der Waals surface area contributed by atoms with Gasteiger partial charge < -0.3 is 10.1 Å². The number of ether oxygens (including phenoxy) is 1. The lowest BCUT2D eigenvalue weighted by atomic mass is 10.1. The highest BCUT2D eigenvalue weighted by atomic mass is 16.5. The number of esters is 1. The Morgan fingerprint density at radius 1 is 1.55 bits per heavy atom. The number of nitrogens with one attached hydrogen (secondary N) is 1. The van der Waals surface area contributed by atoms with Gasteiger partial charge in [0.15, 0.2) is 0 Å². The van der Waals surface area contributed by atoms with Crippen molar-refractivity contribution in [1.29, 1.82) is 0 Å². The number of hydrogen-bond donors (Lipinski definition) is 1. The smallest absolute Gasteiger partial charge is 0.323 e. The van der Waals surface area contributed by atoms with Gasteiger partial charge in [0.25, 0.3) is 0 Å². The molecule has 0 heterocycles. The van der Waals surface area contributed by atoms with Crippen molar-refractivity contribution < 1.29 is 9.53 Å². The largest absolute Gasteiger partial charge is 0.468 e. The van der Waals surface area contributed by atoms with E-state index in [-0.39, 0.29) is 17.9 Å². The number of carbonyl (C=O) groups excluding carboxylic acids is 1. The van der Waals surface area contributed by atoms with Crippen LogP contribution < -0.4 is 5.32 Å². The molecule has 0 spiro atoms. The van der Waals surface area contributed by atoms with E-state index < -0.39 is 0 Å². The molecule has 3 heteroatoms. The van der Waals surface area contributed by atoms with Crippen LogP contribution in [-0.4, -0.2) is 25.7 Å². The first-order valence-corrected chi connectivity index (χ1v) is 3.94. The van der Waals surface area contributed by atoms with Crippen molar-refractivity contribution in [3.05, 3.63) is 0 Å². The van der Waals surface area contributed by atoms with E-state index in [2.05, 4.69) is 10.1 Å². The van der Waals surface area contributed by atoms with Gasteiger partial charge in [-0.05, 0) is 12.5 Å². The summed E-state index contributed by atoms with van der Waals surface area (Å²) >= 11 is 0. The van der Waals surface area contributed by atoms with Crippen LogP contribution >= 0.6 is 0 Å². The molecule has 0 aromatic carbocycles. The Labute approximate surface area is 68.1 Å². The fourth-order valence-electron chi connectivity index (χ4n) is 0.938. The van der Waals surface area contributed by atoms with Crippen molar-refractivity contribution in [3.63, 3.8) is 0 Å². The lowest BCUT2D eigenvalue weighted by Gasteiger charge is -2.18. The van der Waals surface area contributed by atoms with E-state index >= 15 is 0 Å². The van der Waals surface area contributed by atoms with Gasteiger partial charge in [-0.2, -0.15) is 0 Å². The summed E-state index contributed by atoms with van der Waals surface area (Å²) in [6.45, 7) is 6.74. The van der Waals surface area contributed by atoms with Crippen LogP contribution in [0.2, 0.25) is 0 Å². The average Bonchev–Trinajstić information content (AvgIpc) is 1.98. The summed E-state index contributed by atoms with van der Waals surface area (Å²) in [5.41, 5.74) is 0. The molecule has 0 aliphatic carbocycles. The molecule has 11 heavy (non-hydrogen) atoms. The van der Waals surface area contributed by atoms with E-state index in [1.54, 1.807) is 0 Å². The van der Waals surface area contributed by atoms with Crippen LogP contribution in [0.5, 0.6) is 0 Å². The topological polar surface area (TPSA) is 38.3 Å². The molecule has 3 nitrogen and oxygen atoms in total. The van der Waals surface area contributed by atoms with Gasteiger partial charge in [-0.15, -0.1) is 0 Å². The summed E-state index contributed by atoms with van der Waals surface area (Å²) in [5.74, 6) is 0.101. The second-order valence-electron chi connectivity index (χ2n) is 2.80. The minimum Gasteiger partial charge on any atom is -0.468 e. The molecule has 0 aliphatic rings. The molecular formula is C8H17NO2. The summed E-state index contributed by atoms with van der Waals surface area (Å²) in [5, 5.41) is 3.06. The van der Waals surface area contributed by atoms with E-state index in [9.17, 15) is 4.79 Å². The molecule has 0 amide bonds. The lowest BCUT2D eigenvalue weighted by molar-refractivity contribution is -0.144. The number of hydrogen-bond acceptors (Lipinski definition) is 3. The number of likely N-dealkylation sites (N-methyl/N-ethyl adjacent to an activating group) is 1. The maximum atomic E-state index is 11.1. The molecule has 0 unspecified atom stereocenters. The third-order valence-electron chi connectivity index (χ3n) is 1.55. The first-order valence-electron chi connectivity index (χ1n) is 3.94. The van der Waals surface area contributed by atoms with Crippen LogP contribution in [0.1, 0.15) is 20.8 Å². The molecule has 0 aromatic rings. The van der Waals surface area contributed by atoms with E-state index in [0.29, 0.717) is 0 Å². The second kappa shape index (κ2) is 5.13. The van der Waals surface area contributed by atoms with Crippen LogP contribution in [0.3, 0.4) is 0 Å². The minimum absolute atomic E-state index is 0.162. The van der Waals surface area contributed by atoms with Crippen LogP contribution in [0, 0.1) is 5.92 Å². The van der Waals surface area contributed by atoms with Gasteiger partial charge in [-0.1, -0.05) is 20.8 Å². The van der Waals surface area contributed by atoms with E-state index in [0.717, 1.165) is 6.54 Å². The van der Waals surface area contributed by atoms with Crippen molar-refractivity contribution in [2.45, 2.75) is 26.8 Å². The molecule has 0 rings (SSSR count). The lowest BCUT2D eigenvalue weighted by Crippen LogP contribution is -2.41. The third-order valence-corrected chi connectivity index (χ3v) is 1.55. The normalized spacial score (nSPS) is 13.2.